The van der Waals surface area contributed by atoms with Crippen LogP contribution in [0.15, 0.2) is 10.6 Å². The summed E-state index contributed by atoms with van der Waals surface area (Å²) in [7, 11) is 2.22. The summed E-state index contributed by atoms with van der Waals surface area (Å²) < 4.78 is 5.45. The number of likely N-dealkylation sites (N-methyl/N-ethyl adjacent to an activating group) is 1. The fraction of sp³-hybridized carbons (Fsp3) is 0.692. The average molecular weight is 231 g/mol. The average Bonchev–Trinajstić information content (AvgIpc) is 3.04. The van der Waals surface area contributed by atoms with Crippen LogP contribution in [0.25, 0.3) is 5.57 Å². The normalized spacial score (nSPS) is 32.9. The first-order valence-corrected chi connectivity index (χ1v) is 6.59. The van der Waals surface area contributed by atoms with Crippen molar-refractivity contribution in [1.82, 2.24) is 15.0 Å². The lowest BCUT2D eigenvalue weighted by Crippen LogP contribution is -2.35. The highest BCUT2D eigenvalue weighted by Gasteiger charge is 2.38. The maximum absolute atomic E-state index is 5.45. The molecule has 2 aliphatic heterocycles. The van der Waals surface area contributed by atoms with Gasteiger partial charge >= 0.3 is 0 Å². The first kappa shape index (κ1) is 9.83. The van der Waals surface area contributed by atoms with E-state index in [0.29, 0.717) is 12.0 Å². The maximum Gasteiger partial charge on any atom is 0.255 e. The second kappa shape index (κ2) is 3.42. The van der Waals surface area contributed by atoms with Crippen molar-refractivity contribution in [2.75, 3.05) is 7.05 Å². The van der Waals surface area contributed by atoms with Crippen molar-refractivity contribution in [3.05, 3.63) is 17.8 Å². The second-order valence-corrected chi connectivity index (χ2v) is 5.54. The number of rotatable bonds is 2. The van der Waals surface area contributed by atoms with Crippen LogP contribution in [0.2, 0.25) is 0 Å². The van der Waals surface area contributed by atoms with Crippen LogP contribution in [0.1, 0.15) is 49.7 Å². The highest BCUT2D eigenvalue weighted by atomic mass is 16.5. The summed E-state index contributed by atoms with van der Waals surface area (Å²) >= 11 is 0. The number of fused-ring (bicyclic) bond motifs is 2. The van der Waals surface area contributed by atoms with Crippen molar-refractivity contribution >= 4 is 5.57 Å². The Bertz CT molecular complexity index is 475. The minimum Gasteiger partial charge on any atom is -0.334 e. The predicted octanol–water partition coefficient (Wildman–Crippen LogP) is 2.20. The van der Waals surface area contributed by atoms with Gasteiger partial charge in [-0.3, -0.25) is 4.90 Å². The zero-order chi connectivity index (χ0) is 11.4. The highest BCUT2D eigenvalue weighted by molar-refractivity contribution is 5.65. The molecule has 2 bridgehead atoms. The van der Waals surface area contributed by atoms with Crippen LogP contribution in [0.3, 0.4) is 0 Å². The monoisotopic (exact) mass is 231 g/mol. The lowest BCUT2D eigenvalue weighted by molar-refractivity contribution is 0.262. The largest absolute Gasteiger partial charge is 0.334 e. The van der Waals surface area contributed by atoms with Crippen LogP contribution in [-0.4, -0.2) is 34.2 Å². The Morgan fingerprint density at radius 3 is 3.00 bits per heavy atom. The molecule has 2 atom stereocenters. The van der Waals surface area contributed by atoms with Crippen LogP contribution in [0, 0.1) is 0 Å². The topological polar surface area (TPSA) is 42.2 Å². The molecule has 1 saturated heterocycles. The molecule has 3 heterocycles. The Balaban J connectivity index is 1.66. The SMILES string of the molecule is CN1C2CC=C(c3nc(C4CC4)no3)C1CC2. The van der Waals surface area contributed by atoms with Gasteiger partial charge in [0.15, 0.2) is 5.82 Å². The fourth-order valence-electron chi connectivity index (χ4n) is 3.16. The minimum absolute atomic E-state index is 0.501. The molecule has 2 unspecified atom stereocenters. The highest BCUT2D eigenvalue weighted by Crippen LogP contribution is 2.41. The van der Waals surface area contributed by atoms with Gasteiger partial charge in [-0.05, 0) is 39.2 Å². The molecular weight excluding hydrogens is 214 g/mol. The first-order valence-electron chi connectivity index (χ1n) is 6.59. The van der Waals surface area contributed by atoms with E-state index in [1.54, 1.807) is 0 Å². The van der Waals surface area contributed by atoms with Gasteiger partial charge in [-0.15, -0.1) is 0 Å². The Morgan fingerprint density at radius 1 is 1.29 bits per heavy atom. The molecule has 4 heteroatoms. The first-order chi connectivity index (χ1) is 8.33. The van der Waals surface area contributed by atoms with Gasteiger partial charge in [-0.25, -0.2) is 0 Å². The van der Waals surface area contributed by atoms with Crippen molar-refractivity contribution in [3.63, 3.8) is 0 Å². The van der Waals surface area contributed by atoms with E-state index in [4.69, 9.17) is 4.52 Å². The Hall–Kier alpha value is -1.16. The van der Waals surface area contributed by atoms with Gasteiger partial charge in [0.2, 0.25) is 0 Å². The molecule has 1 aliphatic carbocycles. The standard InChI is InChI=1S/C13H17N3O/c1-16-9-4-6-10(11(16)7-5-9)13-14-12(15-17-13)8-2-3-8/h6,8-9,11H,2-5,7H2,1H3. The van der Waals surface area contributed by atoms with Crippen LogP contribution in [-0.2, 0) is 0 Å². The molecule has 4 nitrogen and oxygen atoms in total. The summed E-state index contributed by atoms with van der Waals surface area (Å²) in [6.07, 6.45) is 8.42. The second-order valence-electron chi connectivity index (χ2n) is 5.54. The van der Waals surface area contributed by atoms with Gasteiger partial charge in [0.05, 0.1) is 0 Å². The van der Waals surface area contributed by atoms with Crippen molar-refractivity contribution in [2.24, 2.45) is 0 Å². The minimum atomic E-state index is 0.501. The molecule has 4 rings (SSSR count). The Kier molecular flexibility index (Phi) is 1.98. The number of aromatic nitrogens is 2. The summed E-state index contributed by atoms with van der Waals surface area (Å²) in [5, 5.41) is 4.12. The van der Waals surface area contributed by atoms with E-state index in [9.17, 15) is 0 Å². The molecule has 0 amide bonds. The van der Waals surface area contributed by atoms with Crippen molar-refractivity contribution in [1.29, 1.82) is 0 Å². The molecule has 2 fully saturated rings. The number of hydrogen-bond acceptors (Lipinski definition) is 4. The quantitative estimate of drug-likeness (QED) is 0.782. The van der Waals surface area contributed by atoms with Gasteiger partial charge in [-0.1, -0.05) is 11.2 Å². The van der Waals surface area contributed by atoms with Crippen LogP contribution >= 0.6 is 0 Å². The third-order valence-corrected chi connectivity index (χ3v) is 4.44. The molecular formula is C13H17N3O. The molecule has 0 N–H and O–H groups in total. The molecule has 0 radical (unpaired) electrons. The summed E-state index contributed by atoms with van der Waals surface area (Å²) in [5.74, 6) is 2.26. The van der Waals surface area contributed by atoms with E-state index in [1.807, 2.05) is 0 Å². The van der Waals surface area contributed by atoms with E-state index in [2.05, 4.69) is 28.2 Å². The predicted molar refractivity (Wildman–Crippen MR) is 63.4 cm³/mol. The van der Waals surface area contributed by atoms with Gasteiger partial charge in [-0.2, -0.15) is 4.98 Å². The van der Waals surface area contributed by atoms with Gasteiger partial charge in [0, 0.05) is 23.6 Å². The van der Waals surface area contributed by atoms with E-state index in [-0.39, 0.29) is 0 Å². The van der Waals surface area contributed by atoms with Crippen molar-refractivity contribution in [2.45, 2.75) is 50.1 Å². The summed E-state index contributed by atoms with van der Waals surface area (Å²) in [4.78, 5) is 7.04. The van der Waals surface area contributed by atoms with E-state index < -0.39 is 0 Å². The van der Waals surface area contributed by atoms with Crippen molar-refractivity contribution in [3.8, 4) is 0 Å². The number of nitrogens with zero attached hydrogens (tertiary/aromatic N) is 3. The van der Waals surface area contributed by atoms with Crippen molar-refractivity contribution < 1.29 is 4.52 Å². The van der Waals surface area contributed by atoms with E-state index >= 15 is 0 Å². The van der Waals surface area contributed by atoms with Crippen LogP contribution in [0.4, 0.5) is 0 Å². The lowest BCUT2D eigenvalue weighted by Gasteiger charge is -2.29. The molecule has 17 heavy (non-hydrogen) atoms. The molecule has 1 aromatic heterocycles. The molecule has 0 aromatic carbocycles. The zero-order valence-electron chi connectivity index (χ0n) is 10.1. The fourth-order valence-corrected chi connectivity index (χ4v) is 3.16. The van der Waals surface area contributed by atoms with E-state index in [1.165, 1.54) is 31.3 Å². The molecule has 1 aromatic rings. The third kappa shape index (κ3) is 1.47. The smallest absolute Gasteiger partial charge is 0.255 e. The number of hydrogen-bond donors (Lipinski definition) is 0. The molecule has 90 valence electrons. The Morgan fingerprint density at radius 2 is 2.18 bits per heavy atom. The summed E-state index contributed by atoms with van der Waals surface area (Å²) in [6.45, 7) is 0. The molecule has 1 saturated carbocycles. The third-order valence-electron chi connectivity index (χ3n) is 4.44. The van der Waals surface area contributed by atoms with Gasteiger partial charge in [0.1, 0.15) is 0 Å². The summed E-state index contributed by atoms with van der Waals surface area (Å²) in [6, 6.07) is 1.23. The van der Waals surface area contributed by atoms with E-state index in [0.717, 1.165) is 24.2 Å². The van der Waals surface area contributed by atoms with Crippen LogP contribution in [0.5, 0.6) is 0 Å². The molecule has 0 spiro atoms. The zero-order valence-corrected chi connectivity index (χ0v) is 10.1. The summed E-state index contributed by atoms with van der Waals surface area (Å²) in [5.41, 5.74) is 1.26. The molecule has 3 aliphatic rings. The lowest BCUT2D eigenvalue weighted by atomic mass is 10.0. The van der Waals surface area contributed by atoms with Gasteiger partial charge < -0.3 is 4.52 Å². The van der Waals surface area contributed by atoms with Crippen LogP contribution < -0.4 is 0 Å². The maximum atomic E-state index is 5.45. The Labute approximate surface area is 101 Å². The van der Waals surface area contributed by atoms with Gasteiger partial charge in [0.25, 0.3) is 5.89 Å².